The zero-order valence-electron chi connectivity index (χ0n) is 12.9. The van der Waals surface area contributed by atoms with Crippen molar-refractivity contribution in [1.29, 1.82) is 0 Å². The maximum atomic E-state index is 12.8. The van der Waals surface area contributed by atoms with Gasteiger partial charge in [-0.1, -0.05) is 26.7 Å². The number of nitrogens with one attached hydrogen (secondary N) is 1. The Morgan fingerprint density at radius 1 is 1.40 bits per heavy atom. The molecule has 2 rings (SSSR count). The van der Waals surface area contributed by atoms with E-state index in [4.69, 9.17) is 0 Å². The molecule has 0 aromatic heterocycles. The van der Waals surface area contributed by atoms with E-state index in [1.54, 1.807) is 0 Å². The molecule has 0 aromatic carbocycles. The fourth-order valence-electron chi connectivity index (χ4n) is 3.38. The third-order valence-electron chi connectivity index (χ3n) is 4.91. The van der Waals surface area contributed by atoms with Gasteiger partial charge in [0, 0.05) is 11.3 Å². The van der Waals surface area contributed by atoms with Gasteiger partial charge in [-0.25, -0.2) is 0 Å². The Bertz CT molecular complexity index is 388. The van der Waals surface area contributed by atoms with E-state index in [-0.39, 0.29) is 35.9 Å². The summed E-state index contributed by atoms with van der Waals surface area (Å²) in [5.74, 6) is 0.314. The summed E-state index contributed by atoms with van der Waals surface area (Å²) in [5.41, 5.74) is 0. The van der Waals surface area contributed by atoms with E-state index >= 15 is 0 Å². The fourth-order valence-corrected chi connectivity index (χ4v) is 4.37. The van der Waals surface area contributed by atoms with Gasteiger partial charge in [-0.2, -0.15) is 11.8 Å². The first-order valence-corrected chi connectivity index (χ1v) is 8.95. The molecule has 5 atom stereocenters. The van der Waals surface area contributed by atoms with Crippen LogP contribution in [0, 0.1) is 5.92 Å². The smallest absolute Gasteiger partial charge is 0.246 e. The van der Waals surface area contributed by atoms with Crippen LogP contribution < -0.4 is 5.32 Å². The highest BCUT2D eigenvalue weighted by Gasteiger charge is 2.46. The van der Waals surface area contributed by atoms with Crippen LogP contribution in [0.1, 0.15) is 46.5 Å². The van der Waals surface area contributed by atoms with Crippen molar-refractivity contribution in [3.63, 3.8) is 0 Å². The van der Waals surface area contributed by atoms with Gasteiger partial charge >= 0.3 is 0 Å². The van der Waals surface area contributed by atoms with Crippen molar-refractivity contribution in [1.82, 2.24) is 10.2 Å². The number of hydrogen-bond acceptors (Lipinski definition) is 3. The molecule has 2 fully saturated rings. The quantitative estimate of drug-likeness (QED) is 0.864. The molecule has 4 nitrogen and oxygen atoms in total. The number of carbonyl (C=O) groups is 2. The molecule has 1 saturated heterocycles. The first-order chi connectivity index (χ1) is 9.51. The maximum absolute atomic E-state index is 12.8. The van der Waals surface area contributed by atoms with Crippen LogP contribution in [-0.4, -0.2) is 46.3 Å². The monoisotopic (exact) mass is 298 g/mol. The number of hydrogen-bond donors (Lipinski definition) is 1. The summed E-state index contributed by atoms with van der Waals surface area (Å²) in [7, 11) is 0. The molecule has 0 aromatic rings. The zero-order valence-corrected chi connectivity index (χ0v) is 13.7. The summed E-state index contributed by atoms with van der Waals surface area (Å²) >= 11 is 1.83. The van der Waals surface area contributed by atoms with Crippen LogP contribution >= 0.6 is 11.8 Å². The minimum atomic E-state index is -0.341. The number of amides is 2. The van der Waals surface area contributed by atoms with E-state index in [2.05, 4.69) is 18.5 Å². The van der Waals surface area contributed by atoms with E-state index in [0.29, 0.717) is 5.25 Å². The molecule has 1 N–H and O–H groups in total. The minimum Gasteiger partial charge on any atom is -0.342 e. The molecule has 2 aliphatic rings. The van der Waals surface area contributed by atoms with Gasteiger partial charge in [0.2, 0.25) is 11.8 Å². The van der Waals surface area contributed by atoms with E-state index in [1.165, 1.54) is 0 Å². The summed E-state index contributed by atoms with van der Waals surface area (Å²) in [6, 6.07) is -0.447. The van der Waals surface area contributed by atoms with E-state index in [1.807, 2.05) is 30.5 Å². The lowest BCUT2D eigenvalue weighted by Crippen LogP contribution is -2.67. The third-order valence-corrected chi connectivity index (χ3v) is 6.06. The topological polar surface area (TPSA) is 49.4 Å². The normalized spacial score (nSPS) is 36.1. The van der Waals surface area contributed by atoms with Crippen molar-refractivity contribution in [2.75, 3.05) is 6.26 Å². The number of piperazine rings is 1. The largest absolute Gasteiger partial charge is 0.342 e. The molecule has 0 spiro atoms. The second kappa shape index (κ2) is 6.37. The molecular weight excluding hydrogens is 272 g/mol. The van der Waals surface area contributed by atoms with E-state index < -0.39 is 0 Å². The molecular formula is C15H26N2O2S. The lowest BCUT2D eigenvalue weighted by molar-refractivity contribution is -0.152. The number of thioether (sulfide) groups is 1. The molecule has 1 aliphatic heterocycles. The molecule has 1 heterocycles. The van der Waals surface area contributed by atoms with E-state index in [9.17, 15) is 9.59 Å². The highest BCUT2D eigenvalue weighted by atomic mass is 32.2. The fraction of sp³-hybridized carbons (Fsp3) is 0.867. The summed E-state index contributed by atoms with van der Waals surface area (Å²) < 4.78 is 0. The highest BCUT2D eigenvalue weighted by Crippen LogP contribution is 2.35. The Balaban J connectivity index is 2.24. The second-order valence-electron chi connectivity index (χ2n) is 6.07. The van der Waals surface area contributed by atoms with Crippen molar-refractivity contribution in [2.45, 2.75) is 69.8 Å². The number of rotatable bonds is 4. The summed E-state index contributed by atoms with van der Waals surface area (Å²) in [6.07, 6.45) is 6.34. The van der Waals surface area contributed by atoms with Crippen LogP contribution in [0.2, 0.25) is 0 Å². The van der Waals surface area contributed by atoms with Gasteiger partial charge in [0.05, 0.1) is 0 Å². The highest BCUT2D eigenvalue weighted by molar-refractivity contribution is 7.99. The molecule has 114 valence electrons. The van der Waals surface area contributed by atoms with Crippen LogP contribution in [0.15, 0.2) is 0 Å². The average molecular weight is 298 g/mol. The van der Waals surface area contributed by atoms with Gasteiger partial charge in [-0.15, -0.1) is 0 Å². The predicted molar refractivity (Wildman–Crippen MR) is 82.6 cm³/mol. The SMILES string of the molecule is CCC(C)C1NC(=O)C(C)N(C2CCCC2SC)C1=O. The van der Waals surface area contributed by atoms with Gasteiger partial charge in [-0.3, -0.25) is 9.59 Å². The van der Waals surface area contributed by atoms with Crippen molar-refractivity contribution in [2.24, 2.45) is 5.92 Å². The maximum Gasteiger partial charge on any atom is 0.246 e. The summed E-state index contributed by atoms with van der Waals surface area (Å²) in [6.45, 7) is 5.96. The van der Waals surface area contributed by atoms with Crippen LogP contribution in [0.25, 0.3) is 0 Å². The first-order valence-electron chi connectivity index (χ1n) is 7.66. The van der Waals surface area contributed by atoms with Gasteiger partial charge < -0.3 is 10.2 Å². The summed E-state index contributed by atoms with van der Waals surface area (Å²) in [5, 5.41) is 3.39. The van der Waals surface area contributed by atoms with E-state index in [0.717, 1.165) is 25.7 Å². The predicted octanol–water partition coefficient (Wildman–Crippen LogP) is 2.03. The Hall–Kier alpha value is -0.710. The molecule has 0 bridgehead atoms. The number of nitrogens with zero attached hydrogens (tertiary/aromatic N) is 1. The molecule has 20 heavy (non-hydrogen) atoms. The van der Waals surface area contributed by atoms with Crippen LogP contribution in [0.5, 0.6) is 0 Å². The Labute approximate surface area is 126 Å². The first kappa shape index (κ1) is 15.7. The van der Waals surface area contributed by atoms with Gasteiger partial charge in [0.25, 0.3) is 0 Å². The Morgan fingerprint density at radius 2 is 2.10 bits per heavy atom. The van der Waals surface area contributed by atoms with Crippen LogP contribution in [-0.2, 0) is 9.59 Å². The Morgan fingerprint density at radius 3 is 2.70 bits per heavy atom. The standard InChI is InChI=1S/C15H26N2O2S/c1-5-9(2)13-15(19)17(10(3)14(18)16-13)11-7-6-8-12(11)20-4/h9-13H,5-8H2,1-4H3,(H,16,18). The Kier molecular flexibility index (Phi) is 4.99. The van der Waals surface area contributed by atoms with Gasteiger partial charge in [-0.05, 0) is 31.9 Å². The lowest BCUT2D eigenvalue weighted by Gasteiger charge is -2.44. The molecule has 1 saturated carbocycles. The molecule has 2 amide bonds. The third kappa shape index (κ3) is 2.69. The van der Waals surface area contributed by atoms with Crippen molar-refractivity contribution in [3.8, 4) is 0 Å². The lowest BCUT2D eigenvalue weighted by atomic mass is 9.93. The molecule has 5 heteroatoms. The van der Waals surface area contributed by atoms with Crippen molar-refractivity contribution >= 4 is 23.6 Å². The number of carbonyl (C=O) groups excluding carboxylic acids is 2. The van der Waals surface area contributed by atoms with Crippen molar-refractivity contribution < 1.29 is 9.59 Å². The minimum absolute atomic E-state index is 0.00153. The van der Waals surface area contributed by atoms with Crippen LogP contribution in [0.3, 0.4) is 0 Å². The van der Waals surface area contributed by atoms with Crippen molar-refractivity contribution in [3.05, 3.63) is 0 Å². The van der Waals surface area contributed by atoms with Gasteiger partial charge in [0.1, 0.15) is 12.1 Å². The second-order valence-corrected chi connectivity index (χ2v) is 7.14. The average Bonchev–Trinajstić information content (AvgIpc) is 2.90. The zero-order chi connectivity index (χ0) is 14.9. The molecule has 5 unspecified atom stereocenters. The molecule has 0 radical (unpaired) electrons. The van der Waals surface area contributed by atoms with Gasteiger partial charge in [0.15, 0.2) is 0 Å². The molecule has 1 aliphatic carbocycles. The van der Waals surface area contributed by atoms with Crippen LogP contribution in [0.4, 0.5) is 0 Å². The summed E-state index contributed by atoms with van der Waals surface area (Å²) in [4.78, 5) is 26.9.